The highest BCUT2D eigenvalue weighted by molar-refractivity contribution is 5.52. The number of ether oxygens (including phenoxy) is 2. The molecule has 0 unspecified atom stereocenters. The summed E-state index contributed by atoms with van der Waals surface area (Å²) in [6.07, 6.45) is 0. The van der Waals surface area contributed by atoms with Crippen molar-refractivity contribution in [3.8, 4) is 23.4 Å². The fraction of sp³-hybridized carbons (Fsp3) is 0.143. The van der Waals surface area contributed by atoms with Gasteiger partial charge < -0.3 is 20.3 Å². The molecule has 0 amide bonds. The standard InChI is InChI=1S/C14H13N3O3/c1-19-13-6-9(8-18)2-4-12(13)20-14-5-3-10(16)11(7-15)17-14/h2-6,18H,8,16H2,1H3. The molecule has 3 N–H and O–H groups in total. The van der Waals surface area contributed by atoms with Crippen molar-refractivity contribution in [3.63, 3.8) is 0 Å². The molecule has 0 fully saturated rings. The first-order valence-electron chi connectivity index (χ1n) is 5.80. The van der Waals surface area contributed by atoms with Gasteiger partial charge in [-0.05, 0) is 23.8 Å². The number of aliphatic hydroxyl groups is 1. The zero-order valence-electron chi connectivity index (χ0n) is 10.8. The highest BCUT2D eigenvalue weighted by Gasteiger charge is 2.09. The molecule has 0 saturated carbocycles. The molecule has 0 aliphatic heterocycles. The van der Waals surface area contributed by atoms with Gasteiger partial charge in [0.15, 0.2) is 17.2 Å². The van der Waals surface area contributed by atoms with Crippen molar-refractivity contribution in [2.24, 2.45) is 0 Å². The van der Waals surface area contributed by atoms with E-state index < -0.39 is 0 Å². The fourth-order valence-electron chi connectivity index (χ4n) is 1.61. The summed E-state index contributed by atoms with van der Waals surface area (Å²) in [5, 5.41) is 18.0. The highest BCUT2D eigenvalue weighted by Crippen LogP contribution is 2.32. The van der Waals surface area contributed by atoms with Crippen molar-refractivity contribution < 1.29 is 14.6 Å². The van der Waals surface area contributed by atoms with E-state index in [1.165, 1.54) is 7.11 Å². The molecule has 0 spiro atoms. The predicted molar refractivity (Wildman–Crippen MR) is 72.4 cm³/mol. The quantitative estimate of drug-likeness (QED) is 0.879. The van der Waals surface area contributed by atoms with E-state index >= 15 is 0 Å². The lowest BCUT2D eigenvalue weighted by molar-refractivity contribution is 0.280. The number of nitrogens with two attached hydrogens (primary N) is 1. The molecule has 0 radical (unpaired) electrons. The Bertz CT molecular complexity index is 665. The number of anilines is 1. The van der Waals surface area contributed by atoms with Gasteiger partial charge in [0.25, 0.3) is 0 Å². The summed E-state index contributed by atoms with van der Waals surface area (Å²) in [6, 6.07) is 10.0. The molecule has 1 aromatic heterocycles. The van der Waals surface area contributed by atoms with Gasteiger partial charge in [-0.15, -0.1) is 0 Å². The molecule has 2 rings (SSSR count). The van der Waals surface area contributed by atoms with E-state index in [0.29, 0.717) is 22.7 Å². The third-order valence-corrected chi connectivity index (χ3v) is 2.63. The second kappa shape index (κ2) is 5.91. The molecule has 0 aliphatic rings. The Hall–Kier alpha value is -2.78. The number of nitrogen functional groups attached to an aromatic ring is 1. The molecule has 20 heavy (non-hydrogen) atoms. The number of aromatic nitrogens is 1. The van der Waals surface area contributed by atoms with E-state index in [1.54, 1.807) is 30.3 Å². The van der Waals surface area contributed by atoms with E-state index in [1.807, 2.05) is 6.07 Å². The Morgan fingerprint density at radius 1 is 1.30 bits per heavy atom. The van der Waals surface area contributed by atoms with Gasteiger partial charge in [0.1, 0.15) is 6.07 Å². The van der Waals surface area contributed by atoms with E-state index in [9.17, 15) is 0 Å². The van der Waals surface area contributed by atoms with Crippen LogP contribution >= 0.6 is 0 Å². The van der Waals surface area contributed by atoms with E-state index in [-0.39, 0.29) is 18.2 Å². The summed E-state index contributed by atoms with van der Waals surface area (Å²) >= 11 is 0. The van der Waals surface area contributed by atoms with Gasteiger partial charge in [0.05, 0.1) is 19.4 Å². The number of methoxy groups -OCH3 is 1. The first-order chi connectivity index (χ1) is 9.67. The monoisotopic (exact) mass is 271 g/mol. The molecule has 6 heteroatoms. The van der Waals surface area contributed by atoms with Crippen molar-refractivity contribution in [2.75, 3.05) is 12.8 Å². The van der Waals surface area contributed by atoms with Crippen LogP contribution in [0, 0.1) is 11.3 Å². The SMILES string of the molecule is COc1cc(CO)ccc1Oc1ccc(N)c(C#N)n1. The van der Waals surface area contributed by atoms with Gasteiger partial charge in [-0.1, -0.05) is 6.07 Å². The summed E-state index contributed by atoms with van der Waals surface area (Å²) < 4.78 is 10.8. The van der Waals surface area contributed by atoms with Gasteiger partial charge in [-0.25, -0.2) is 4.98 Å². The Morgan fingerprint density at radius 2 is 2.10 bits per heavy atom. The molecule has 2 aromatic rings. The summed E-state index contributed by atoms with van der Waals surface area (Å²) in [6.45, 7) is -0.0880. The lowest BCUT2D eigenvalue weighted by atomic mass is 10.2. The molecule has 1 aromatic carbocycles. The van der Waals surface area contributed by atoms with E-state index in [4.69, 9.17) is 25.6 Å². The fourth-order valence-corrected chi connectivity index (χ4v) is 1.61. The Morgan fingerprint density at radius 3 is 2.75 bits per heavy atom. The van der Waals surface area contributed by atoms with Crippen LogP contribution in [-0.2, 0) is 6.61 Å². The third-order valence-electron chi connectivity index (χ3n) is 2.63. The first kappa shape index (κ1) is 13.6. The van der Waals surface area contributed by atoms with Crippen molar-refractivity contribution in [1.29, 1.82) is 5.26 Å². The van der Waals surface area contributed by atoms with Crippen LogP contribution in [0.4, 0.5) is 5.69 Å². The summed E-state index contributed by atoms with van der Waals surface area (Å²) in [5.41, 5.74) is 6.70. The average molecular weight is 271 g/mol. The van der Waals surface area contributed by atoms with Gasteiger partial charge in [-0.3, -0.25) is 0 Å². The van der Waals surface area contributed by atoms with Crippen molar-refractivity contribution in [1.82, 2.24) is 4.98 Å². The number of benzene rings is 1. The highest BCUT2D eigenvalue weighted by atomic mass is 16.5. The summed E-state index contributed by atoms with van der Waals surface area (Å²) in [7, 11) is 1.50. The largest absolute Gasteiger partial charge is 0.493 e. The predicted octanol–water partition coefficient (Wildman–Crippen LogP) is 1.83. The van der Waals surface area contributed by atoms with Gasteiger partial charge >= 0.3 is 0 Å². The molecule has 0 bridgehead atoms. The van der Waals surface area contributed by atoms with E-state index in [2.05, 4.69) is 4.98 Å². The van der Waals surface area contributed by atoms with Crippen molar-refractivity contribution >= 4 is 5.69 Å². The molecule has 0 saturated heterocycles. The van der Waals surface area contributed by atoms with Crippen LogP contribution < -0.4 is 15.2 Å². The maximum absolute atomic E-state index is 9.08. The summed E-state index contributed by atoms with van der Waals surface area (Å²) in [4.78, 5) is 3.99. The molecule has 1 heterocycles. The number of aliphatic hydroxyl groups excluding tert-OH is 1. The van der Waals surface area contributed by atoms with Crippen LogP contribution in [0.1, 0.15) is 11.3 Å². The number of hydrogen-bond donors (Lipinski definition) is 2. The number of nitrogens with zero attached hydrogens (tertiary/aromatic N) is 2. The Kier molecular flexibility index (Phi) is 4.03. The molecular weight excluding hydrogens is 258 g/mol. The zero-order chi connectivity index (χ0) is 14.5. The minimum atomic E-state index is -0.0880. The van der Waals surface area contributed by atoms with Crippen molar-refractivity contribution in [3.05, 3.63) is 41.6 Å². The van der Waals surface area contributed by atoms with Crippen molar-refractivity contribution in [2.45, 2.75) is 6.61 Å². The number of pyridine rings is 1. The second-order valence-electron chi connectivity index (χ2n) is 3.94. The van der Waals surface area contributed by atoms with Crippen LogP contribution in [0.25, 0.3) is 0 Å². The Balaban J connectivity index is 2.32. The second-order valence-corrected chi connectivity index (χ2v) is 3.94. The summed E-state index contributed by atoms with van der Waals surface area (Å²) in [5.74, 6) is 1.14. The average Bonchev–Trinajstić information content (AvgIpc) is 2.49. The van der Waals surface area contributed by atoms with Crippen LogP contribution in [0.5, 0.6) is 17.4 Å². The smallest absolute Gasteiger partial charge is 0.220 e. The molecular formula is C14H13N3O3. The minimum absolute atomic E-state index is 0.0880. The number of rotatable bonds is 4. The van der Waals surface area contributed by atoms with Gasteiger partial charge in [-0.2, -0.15) is 5.26 Å². The van der Waals surface area contributed by atoms with Gasteiger partial charge in [0, 0.05) is 6.07 Å². The lowest BCUT2D eigenvalue weighted by Crippen LogP contribution is -1.97. The first-order valence-corrected chi connectivity index (χ1v) is 5.80. The Labute approximate surface area is 116 Å². The number of nitriles is 1. The molecule has 102 valence electrons. The molecule has 6 nitrogen and oxygen atoms in total. The van der Waals surface area contributed by atoms with Crippen LogP contribution in [-0.4, -0.2) is 17.2 Å². The lowest BCUT2D eigenvalue weighted by Gasteiger charge is -2.11. The third kappa shape index (κ3) is 2.79. The maximum atomic E-state index is 9.08. The van der Waals surface area contributed by atoms with Crippen LogP contribution in [0.2, 0.25) is 0 Å². The topological polar surface area (TPSA) is 101 Å². The van der Waals surface area contributed by atoms with Gasteiger partial charge in [0.2, 0.25) is 5.88 Å². The molecule has 0 aliphatic carbocycles. The van der Waals surface area contributed by atoms with Crippen LogP contribution in [0.3, 0.4) is 0 Å². The minimum Gasteiger partial charge on any atom is -0.493 e. The van der Waals surface area contributed by atoms with Crippen LogP contribution in [0.15, 0.2) is 30.3 Å². The zero-order valence-corrected chi connectivity index (χ0v) is 10.8. The maximum Gasteiger partial charge on any atom is 0.220 e. The number of hydrogen-bond acceptors (Lipinski definition) is 6. The normalized spacial score (nSPS) is 9.85. The van der Waals surface area contributed by atoms with E-state index in [0.717, 1.165) is 0 Å². The molecule has 0 atom stereocenters.